The molecule has 0 aliphatic carbocycles. The van der Waals surface area contributed by atoms with Gasteiger partial charge in [0.1, 0.15) is 18.0 Å². The normalized spacial score (nSPS) is 32.3. The number of phosphoric ester groups is 1. The van der Waals surface area contributed by atoms with Gasteiger partial charge in [-0.25, -0.2) is 13.8 Å². The molecule has 0 aromatic carbocycles. The lowest BCUT2D eigenvalue weighted by molar-refractivity contribution is -0.0604. The largest absolute Gasteiger partial charge is 0.469 e. The molecule has 10 nitrogen and oxygen atoms in total. The van der Waals surface area contributed by atoms with E-state index < -0.39 is 44.2 Å². The number of aromatic nitrogens is 2. The predicted molar refractivity (Wildman–Crippen MR) is 70.3 cm³/mol. The molecule has 0 amide bonds. The van der Waals surface area contributed by atoms with Crippen molar-refractivity contribution in [3.8, 4) is 0 Å². The molecule has 0 radical (unpaired) electrons. The number of halogens is 1. The van der Waals surface area contributed by atoms with Crippen molar-refractivity contribution in [2.45, 2.75) is 31.0 Å². The molecular formula is C10H15FN3O7P. The number of hydrogen-bond acceptors (Lipinski definition) is 7. The van der Waals surface area contributed by atoms with E-state index >= 15 is 0 Å². The molecule has 1 aromatic rings. The average molecular weight is 339 g/mol. The summed E-state index contributed by atoms with van der Waals surface area (Å²) in [6, 6.07) is 1.24. The van der Waals surface area contributed by atoms with E-state index in [0.29, 0.717) is 0 Å². The molecule has 2 heterocycles. The number of hydrogen-bond donors (Lipinski definition) is 4. The van der Waals surface area contributed by atoms with E-state index in [1.807, 2.05) is 0 Å². The van der Waals surface area contributed by atoms with E-state index in [0.717, 1.165) is 17.7 Å². The van der Waals surface area contributed by atoms with E-state index in [1.54, 1.807) is 0 Å². The molecule has 0 bridgehead atoms. The minimum atomic E-state index is -4.81. The number of aliphatic hydroxyl groups excluding tert-OH is 1. The zero-order chi connectivity index (χ0) is 16.7. The average Bonchev–Trinajstić information content (AvgIpc) is 2.59. The van der Waals surface area contributed by atoms with E-state index in [2.05, 4.69) is 9.51 Å². The molecule has 2 rings (SSSR count). The van der Waals surface area contributed by atoms with Crippen LogP contribution in [0.3, 0.4) is 0 Å². The van der Waals surface area contributed by atoms with Crippen LogP contribution in [0.25, 0.3) is 0 Å². The van der Waals surface area contributed by atoms with E-state index in [4.69, 9.17) is 20.3 Å². The summed E-state index contributed by atoms with van der Waals surface area (Å²) in [5.41, 5.74) is 2.03. The van der Waals surface area contributed by atoms with Crippen molar-refractivity contribution in [3.63, 3.8) is 0 Å². The highest BCUT2D eigenvalue weighted by molar-refractivity contribution is 7.46. The Kier molecular flexibility index (Phi) is 4.39. The lowest BCUT2D eigenvalue weighted by Gasteiger charge is -2.24. The molecular weight excluding hydrogens is 324 g/mol. The highest BCUT2D eigenvalue weighted by atomic mass is 31.2. The topological polar surface area (TPSA) is 157 Å². The van der Waals surface area contributed by atoms with Gasteiger partial charge >= 0.3 is 13.5 Å². The fourth-order valence-electron chi connectivity index (χ4n) is 2.13. The van der Waals surface area contributed by atoms with Crippen LogP contribution in [-0.4, -0.2) is 48.9 Å². The van der Waals surface area contributed by atoms with Crippen molar-refractivity contribution >= 4 is 13.6 Å². The van der Waals surface area contributed by atoms with Crippen molar-refractivity contribution in [3.05, 3.63) is 22.7 Å². The van der Waals surface area contributed by atoms with Gasteiger partial charge in [-0.3, -0.25) is 9.09 Å². The Hall–Kier alpha value is -1.36. The van der Waals surface area contributed by atoms with Crippen molar-refractivity contribution in [1.29, 1.82) is 0 Å². The molecule has 0 saturated carbocycles. The van der Waals surface area contributed by atoms with Crippen LogP contribution in [0.1, 0.15) is 13.2 Å². The fourth-order valence-corrected chi connectivity index (χ4v) is 2.47. The SMILES string of the molecule is CC1(F)[C@@H](O)[C@@H](COP(=O)(O)O)O[C@H]1n1ccc(N)nc1=O. The maximum Gasteiger partial charge on any atom is 0.469 e. The number of nitrogens with zero attached hydrogens (tertiary/aromatic N) is 2. The summed E-state index contributed by atoms with van der Waals surface area (Å²) >= 11 is 0. The second-order valence-electron chi connectivity index (χ2n) is 4.95. The zero-order valence-corrected chi connectivity index (χ0v) is 12.3. The Labute approximate surface area is 123 Å². The highest BCUT2D eigenvalue weighted by Crippen LogP contribution is 2.43. The van der Waals surface area contributed by atoms with Gasteiger partial charge in [0.05, 0.1) is 6.61 Å². The minimum Gasteiger partial charge on any atom is -0.387 e. The van der Waals surface area contributed by atoms with E-state index in [1.165, 1.54) is 6.07 Å². The second kappa shape index (κ2) is 5.69. The first-order valence-corrected chi connectivity index (χ1v) is 7.62. The molecule has 4 atom stereocenters. The van der Waals surface area contributed by atoms with Gasteiger partial charge in [-0.05, 0) is 13.0 Å². The third-order valence-electron chi connectivity index (χ3n) is 3.23. The van der Waals surface area contributed by atoms with Crippen LogP contribution < -0.4 is 11.4 Å². The number of alkyl halides is 1. The molecule has 1 fully saturated rings. The van der Waals surface area contributed by atoms with Crippen LogP contribution in [0.15, 0.2) is 17.1 Å². The third kappa shape index (κ3) is 3.35. The minimum absolute atomic E-state index is 0.0678. The summed E-state index contributed by atoms with van der Waals surface area (Å²) in [6.45, 7) is 0.237. The standard InChI is InChI=1S/C10H15FN3O7P/c1-10(11)7(15)5(4-20-22(17,18)19)21-8(10)14-3-2-6(12)13-9(14)16/h2-3,5,7-8,15H,4H2,1H3,(H2,12,13,16)(H2,17,18,19)/t5-,7+,8-,10?/m1/s1. The number of nitrogens with two attached hydrogens (primary N) is 1. The summed E-state index contributed by atoms with van der Waals surface area (Å²) in [6.07, 6.45) is -3.55. The molecule has 5 N–H and O–H groups in total. The Bertz CT molecular complexity index is 660. The van der Waals surface area contributed by atoms with Crippen LogP contribution >= 0.6 is 7.82 Å². The molecule has 1 unspecified atom stereocenters. The molecule has 1 aromatic heterocycles. The van der Waals surface area contributed by atoms with Gasteiger partial charge in [-0.2, -0.15) is 4.98 Å². The lowest BCUT2D eigenvalue weighted by atomic mass is 9.98. The van der Waals surface area contributed by atoms with Gasteiger partial charge in [0.2, 0.25) is 0 Å². The van der Waals surface area contributed by atoms with Gasteiger partial charge in [0, 0.05) is 6.20 Å². The van der Waals surface area contributed by atoms with Crippen LogP contribution in [0.5, 0.6) is 0 Å². The smallest absolute Gasteiger partial charge is 0.387 e. The van der Waals surface area contributed by atoms with Crippen LogP contribution in [-0.2, 0) is 13.8 Å². The van der Waals surface area contributed by atoms with Crippen LogP contribution in [0, 0.1) is 0 Å². The van der Waals surface area contributed by atoms with Gasteiger partial charge < -0.3 is 25.4 Å². The Morgan fingerprint density at radius 2 is 2.27 bits per heavy atom. The monoisotopic (exact) mass is 339 g/mol. The first-order chi connectivity index (χ1) is 10.0. The number of rotatable bonds is 4. The van der Waals surface area contributed by atoms with Gasteiger partial charge in [-0.15, -0.1) is 0 Å². The number of aliphatic hydroxyl groups is 1. The third-order valence-corrected chi connectivity index (χ3v) is 3.71. The van der Waals surface area contributed by atoms with Crippen molar-refractivity contribution in [1.82, 2.24) is 9.55 Å². The van der Waals surface area contributed by atoms with Crippen molar-refractivity contribution in [2.75, 3.05) is 12.3 Å². The van der Waals surface area contributed by atoms with Crippen LogP contribution in [0.2, 0.25) is 0 Å². The molecule has 1 saturated heterocycles. The summed E-state index contributed by atoms with van der Waals surface area (Å²) in [5, 5.41) is 9.90. The number of phosphoric acid groups is 1. The fraction of sp³-hybridized carbons (Fsp3) is 0.600. The quantitative estimate of drug-likeness (QED) is 0.501. The lowest BCUT2D eigenvalue weighted by Crippen LogP contribution is -2.43. The highest BCUT2D eigenvalue weighted by Gasteiger charge is 2.55. The van der Waals surface area contributed by atoms with Gasteiger partial charge in [0.25, 0.3) is 0 Å². The summed E-state index contributed by atoms with van der Waals surface area (Å²) in [5.74, 6) is -0.0678. The summed E-state index contributed by atoms with van der Waals surface area (Å²) in [4.78, 5) is 32.4. The van der Waals surface area contributed by atoms with Crippen LogP contribution in [0.4, 0.5) is 10.2 Å². The number of anilines is 1. The summed E-state index contributed by atoms with van der Waals surface area (Å²) in [7, 11) is -4.81. The maximum absolute atomic E-state index is 14.7. The van der Waals surface area contributed by atoms with Gasteiger partial charge in [0.15, 0.2) is 11.9 Å². The summed E-state index contributed by atoms with van der Waals surface area (Å²) < 4.78 is 35.5. The van der Waals surface area contributed by atoms with E-state index in [-0.39, 0.29) is 5.82 Å². The Morgan fingerprint density at radius 3 is 2.82 bits per heavy atom. The first-order valence-electron chi connectivity index (χ1n) is 6.09. The Balaban J connectivity index is 2.26. The number of nitrogen functional groups attached to an aromatic ring is 1. The molecule has 124 valence electrons. The molecule has 22 heavy (non-hydrogen) atoms. The second-order valence-corrected chi connectivity index (χ2v) is 6.19. The maximum atomic E-state index is 14.7. The van der Waals surface area contributed by atoms with Crippen molar-refractivity contribution in [2.24, 2.45) is 0 Å². The zero-order valence-electron chi connectivity index (χ0n) is 11.4. The predicted octanol–water partition coefficient (Wildman–Crippen LogP) is -1.08. The van der Waals surface area contributed by atoms with Crippen molar-refractivity contribution < 1.29 is 33.1 Å². The molecule has 0 spiro atoms. The molecule has 12 heteroatoms. The van der Waals surface area contributed by atoms with E-state index in [9.17, 15) is 18.9 Å². The first kappa shape index (κ1) is 17.0. The number of ether oxygens (including phenoxy) is 1. The van der Waals surface area contributed by atoms with Gasteiger partial charge in [-0.1, -0.05) is 0 Å². The molecule has 1 aliphatic rings. The Morgan fingerprint density at radius 1 is 1.64 bits per heavy atom. The molecule has 1 aliphatic heterocycles.